The summed E-state index contributed by atoms with van der Waals surface area (Å²) < 4.78 is 5.36. The van der Waals surface area contributed by atoms with Gasteiger partial charge in [0, 0.05) is 31.5 Å². The third kappa shape index (κ3) is 4.41. The molecular weight excluding hydrogens is 394 g/mol. The number of hydrogen-bond donors (Lipinski definition) is 3. The van der Waals surface area contributed by atoms with Crippen molar-refractivity contribution in [3.05, 3.63) is 54.6 Å². The van der Waals surface area contributed by atoms with Crippen molar-refractivity contribution in [2.45, 2.75) is 18.9 Å². The minimum absolute atomic E-state index is 0.104. The van der Waals surface area contributed by atoms with Crippen LogP contribution in [0.1, 0.15) is 23.3 Å². The van der Waals surface area contributed by atoms with Crippen molar-refractivity contribution in [1.29, 1.82) is 0 Å². The predicted octanol–water partition coefficient (Wildman–Crippen LogP) is 2.31. The average molecular weight is 419 g/mol. The molecule has 9 heteroatoms. The number of nitrogens with one attached hydrogen (secondary N) is 1. The van der Waals surface area contributed by atoms with Crippen LogP contribution in [0.15, 0.2) is 48.9 Å². The SMILES string of the molecule is COc1cccnc1-c1ccc(N)c(C(=O)Nc2cnccc2N2CCC[C@H](N)C2)n1. The van der Waals surface area contributed by atoms with Crippen molar-refractivity contribution in [3.8, 4) is 17.1 Å². The Kier molecular flexibility index (Phi) is 5.94. The van der Waals surface area contributed by atoms with Gasteiger partial charge in [-0.15, -0.1) is 0 Å². The maximum Gasteiger partial charge on any atom is 0.276 e. The molecule has 3 aromatic heterocycles. The van der Waals surface area contributed by atoms with Crippen molar-refractivity contribution in [3.63, 3.8) is 0 Å². The van der Waals surface area contributed by atoms with E-state index in [1.54, 1.807) is 50.0 Å². The molecule has 0 bridgehead atoms. The molecule has 3 aromatic rings. The van der Waals surface area contributed by atoms with Gasteiger partial charge in [0.15, 0.2) is 5.69 Å². The van der Waals surface area contributed by atoms with E-state index in [0.29, 0.717) is 22.8 Å². The largest absolute Gasteiger partial charge is 0.494 e. The molecule has 1 amide bonds. The van der Waals surface area contributed by atoms with Gasteiger partial charge in [-0.2, -0.15) is 0 Å². The van der Waals surface area contributed by atoms with Gasteiger partial charge >= 0.3 is 0 Å². The van der Waals surface area contributed by atoms with Crippen LogP contribution in [0.25, 0.3) is 11.4 Å². The van der Waals surface area contributed by atoms with Gasteiger partial charge in [-0.3, -0.25) is 14.8 Å². The van der Waals surface area contributed by atoms with Gasteiger partial charge in [0.1, 0.15) is 11.4 Å². The first-order valence-electron chi connectivity index (χ1n) is 10.1. The summed E-state index contributed by atoms with van der Waals surface area (Å²) >= 11 is 0. The number of nitrogens with two attached hydrogens (primary N) is 2. The summed E-state index contributed by atoms with van der Waals surface area (Å²) in [4.78, 5) is 28.2. The molecule has 160 valence electrons. The van der Waals surface area contributed by atoms with Gasteiger partial charge in [0.25, 0.3) is 5.91 Å². The first-order valence-corrected chi connectivity index (χ1v) is 10.1. The summed E-state index contributed by atoms with van der Waals surface area (Å²) in [5.74, 6) is 0.131. The van der Waals surface area contributed by atoms with Crippen LogP contribution >= 0.6 is 0 Å². The van der Waals surface area contributed by atoms with Gasteiger partial charge in [-0.25, -0.2) is 4.98 Å². The molecule has 0 aromatic carbocycles. The number of nitrogens with zero attached hydrogens (tertiary/aromatic N) is 4. The lowest BCUT2D eigenvalue weighted by atomic mass is 10.1. The van der Waals surface area contributed by atoms with Crippen molar-refractivity contribution in [2.75, 3.05) is 36.1 Å². The van der Waals surface area contributed by atoms with E-state index in [2.05, 4.69) is 25.2 Å². The van der Waals surface area contributed by atoms with E-state index in [1.807, 2.05) is 6.07 Å². The van der Waals surface area contributed by atoms with Crippen LogP contribution < -0.4 is 26.4 Å². The molecule has 4 heterocycles. The number of rotatable bonds is 5. The molecule has 1 aliphatic heterocycles. The fraction of sp³-hybridized carbons (Fsp3) is 0.273. The highest BCUT2D eigenvalue weighted by molar-refractivity contribution is 6.07. The number of piperidine rings is 1. The Bertz CT molecular complexity index is 1090. The second-order valence-electron chi connectivity index (χ2n) is 7.38. The highest BCUT2D eigenvalue weighted by Gasteiger charge is 2.22. The van der Waals surface area contributed by atoms with Crippen LogP contribution in [0.4, 0.5) is 17.1 Å². The summed E-state index contributed by atoms with van der Waals surface area (Å²) in [6, 6.07) is 8.88. The van der Waals surface area contributed by atoms with Gasteiger partial charge in [0.05, 0.1) is 36.1 Å². The molecule has 0 saturated carbocycles. The van der Waals surface area contributed by atoms with Crippen molar-refractivity contribution in [2.24, 2.45) is 5.73 Å². The second kappa shape index (κ2) is 8.97. The van der Waals surface area contributed by atoms with E-state index < -0.39 is 5.91 Å². The molecule has 1 atom stereocenters. The Hall–Kier alpha value is -3.72. The summed E-state index contributed by atoms with van der Waals surface area (Å²) in [5, 5.41) is 2.91. The van der Waals surface area contributed by atoms with Crippen LogP contribution in [0.2, 0.25) is 0 Å². The van der Waals surface area contributed by atoms with E-state index in [4.69, 9.17) is 16.2 Å². The average Bonchev–Trinajstić information content (AvgIpc) is 2.79. The minimum Gasteiger partial charge on any atom is -0.494 e. The highest BCUT2D eigenvalue weighted by atomic mass is 16.5. The van der Waals surface area contributed by atoms with Crippen molar-refractivity contribution >= 4 is 23.0 Å². The number of nitrogen functional groups attached to an aromatic ring is 1. The van der Waals surface area contributed by atoms with E-state index in [0.717, 1.165) is 31.6 Å². The molecule has 0 radical (unpaired) electrons. The number of carbonyl (C=O) groups is 1. The van der Waals surface area contributed by atoms with Crippen LogP contribution in [-0.4, -0.2) is 47.1 Å². The summed E-state index contributed by atoms with van der Waals surface area (Å²) in [7, 11) is 1.56. The monoisotopic (exact) mass is 419 g/mol. The third-order valence-electron chi connectivity index (χ3n) is 5.22. The lowest BCUT2D eigenvalue weighted by Gasteiger charge is -2.33. The van der Waals surface area contributed by atoms with Crippen molar-refractivity contribution < 1.29 is 9.53 Å². The van der Waals surface area contributed by atoms with E-state index in [9.17, 15) is 4.79 Å². The Morgan fingerprint density at radius 2 is 2.13 bits per heavy atom. The molecule has 9 nitrogen and oxygen atoms in total. The standard InChI is InChI=1S/C22H25N7O2/c1-31-19-5-2-9-26-21(19)16-7-6-15(24)20(27-16)22(30)28-17-12-25-10-8-18(17)29-11-3-4-14(23)13-29/h2,5-10,12,14H,3-4,11,13,23-24H2,1H3,(H,28,30)/t14-/m0/s1. The van der Waals surface area contributed by atoms with Crippen LogP contribution in [0.3, 0.4) is 0 Å². The van der Waals surface area contributed by atoms with Crippen LogP contribution in [0.5, 0.6) is 5.75 Å². The molecule has 0 aliphatic carbocycles. The number of anilines is 3. The molecule has 0 unspecified atom stereocenters. The molecular formula is C22H25N7O2. The number of ether oxygens (including phenoxy) is 1. The lowest BCUT2D eigenvalue weighted by Crippen LogP contribution is -2.43. The molecule has 1 aliphatic rings. The number of pyridine rings is 3. The number of hydrogen-bond acceptors (Lipinski definition) is 8. The van der Waals surface area contributed by atoms with E-state index in [-0.39, 0.29) is 17.4 Å². The fourth-order valence-electron chi connectivity index (χ4n) is 3.70. The maximum absolute atomic E-state index is 13.1. The first-order chi connectivity index (χ1) is 15.1. The molecule has 4 rings (SSSR count). The Labute approximate surface area is 180 Å². The zero-order valence-electron chi connectivity index (χ0n) is 17.3. The molecule has 31 heavy (non-hydrogen) atoms. The second-order valence-corrected chi connectivity index (χ2v) is 7.38. The lowest BCUT2D eigenvalue weighted by molar-refractivity contribution is 0.102. The van der Waals surface area contributed by atoms with Crippen LogP contribution in [0, 0.1) is 0 Å². The zero-order valence-corrected chi connectivity index (χ0v) is 17.3. The molecule has 5 N–H and O–H groups in total. The zero-order chi connectivity index (χ0) is 21.8. The number of amides is 1. The first kappa shape index (κ1) is 20.5. The van der Waals surface area contributed by atoms with Gasteiger partial charge in [-0.1, -0.05) is 0 Å². The van der Waals surface area contributed by atoms with Gasteiger partial charge in [-0.05, 0) is 43.2 Å². The molecule has 0 spiro atoms. The molecule has 1 saturated heterocycles. The maximum atomic E-state index is 13.1. The number of carbonyl (C=O) groups excluding carboxylic acids is 1. The van der Waals surface area contributed by atoms with Gasteiger partial charge < -0.3 is 26.4 Å². The third-order valence-corrected chi connectivity index (χ3v) is 5.22. The fourth-order valence-corrected chi connectivity index (χ4v) is 3.70. The van der Waals surface area contributed by atoms with Crippen LogP contribution in [-0.2, 0) is 0 Å². The molecule has 1 fully saturated rings. The van der Waals surface area contributed by atoms with E-state index >= 15 is 0 Å². The number of methoxy groups -OCH3 is 1. The summed E-state index contributed by atoms with van der Waals surface area (Å²) in [5.41, 5.74) is 15.1. The quantitative estimate of drug-likeness (QED) is 0.574. The van der Waals surface area contributed by atoms with Crippen molar-refractivity contribution in [1.82, 2.24) is 15.0 Å². The summed E-state index contributed by atoms with van der Waals surface area (Å²) in [6.45, 7) is 1.60. The number of aromatic nitrogens is 3. The predicted molar refractivity (Wildman–Crippen MR) is 120 cm³/mol. The highest BCUT2D eigenvalue weighted by Crippen LogP contribution is 2.30. The Morgan fingerprint density at radius 1 is 1.26 bits per heavy atom. The minimum atomic E-state index is -0.426. The smallest absolute Gasteiger partial charge is 0.276 e. The Morgan fingerprint density at radius 3 is 2.94 bits per heavy atom. The van der Waals surface area contributed by atoms with Gasteiger partial charge in [0.2, 0.25) is 0 Å². The van der Waals surface area contributed by atoms with E-state index in [1.165, 1.54) is 0 Å². The Balaban J connectivity index is 1.63. The normalized spacial score (nSPS) is 16.1. The summed E-state index contributed by atoms with van der Waals surface area (Å²) in [6.07, 6.45) is 6.95. The topological polar surface area (TPSA) is 132 Å².